The minimum atomic E-state index is -0.579. The number of hydrogen-bond acceptors (Lipinski definition) is 6. The number of allylic oxidation sites excluding steroid dienone is 1. The molecule has 4 aromatic rings. The number of fused-ring (bicyclic) bond motifs is 1. The van der Waals surface area contributed by atoms with Gasteiger partial charge >= 0.3 is 5.97 Å². The van der Waals surface area contributed by atoms with Crippen LogP contribution in [-0.4, -0.2) is 10.5 Å². The molecular formula is C26H19BrN2O3S2. The fraction of sp³-hybridized carbons (Fsp3) is 0.115. The highest BCUT2D eigenvalue weighted by Crippen LogP contribution is 2.33. The molecule has 0 radical (unpaired) electrons. The average molecular weight is 551 g/mol. The number of benzene rings is 2. The molecule has 0 spiro atoms. The third-order valence-electron chi connectivity index (χ3n) is 5.41. The van der Waals surface area contributed by atoms with Crippen molar-refractivity contribution in [2.75, 3.05) is 0 Å². The van der Waals surface area contributed by atoms with Gasteiger partial charge in [-0.2, -0.15) is 0 Å². The summed E-state index contributed by atoms with van der Waals surface area (Å²) < 4.78 is 8.77. The van der Waals surface area contributed by atoms with Crippen LogP contribution in [0.2, 0.25) is 0 Å². The van der Waals surface area contributed by atoms with E-state index in [0.717, 1.165) is 20.5 Å². The molecule has 1 unspecified atom stereocenters. The smallest absolute Gasteiger partial charge is 0.338 e. The van der Waals surface area contributed by atoms with E-state index in [4.69, 9.17) is 4.74 Å². The van der Waals surface area contributed by atoms with Crippen LogP contribution in [0.5, 0.6) is 0 Å². The molecule has 0 saturated heterocycles. The second-order valence-electron chi connectivity index (χ2n) is 7.71. The number of thiazole rings is 1. The van der Waals surface area contributed by atoms with E-state index < -0.39 is 12.0 Å². The Kier molecular flexibility index (Phi) is 6.45. The first kappa shape index (κ1) is 22.7. The Bertz CT molecular complexity index is 1570. The van der Waals surface area contributed by atoms with Crippen molar-refractivity contribution >= 4 is 50.6 Å². The number of thiophene rings is 1. The lowest BCUT2D eigenvalue weighted by Gasteiger charge is -2.23. The first-order chi connectivity index (χ1) is 16.5. The van der Waals surface area contributed by atoms with Crippen molar-refractivity contribution in [3.8, 4) is 0 Å². The van der Waals surface area contributed by atoms with E-state index in [1.54, 1.807) is 11.5 Å². The van der Waals surface area contributed by atoms with Gasteiger partial charge in [0.15, 0.2) is 4.80 Å². The van der Waals surface area contributed by atoms with Crippen molar-refractivity contribution in [1.29, 1.82) is 0 Å². The monoisotopic (exact) mass is 550 g/mol. The second-order valence-corrected chi connectivity index (χ2v) is 10.6. The van der Waals surface area contributed by atoms with Gasteiger partial charge in [-0.3, -0.25) is 9.36 Å². The van der Waals surface area contributed by atoms with Gasteiger partial charge in [0.1, 0.15) is 12.6 Å². The number of hydrogen-bond donors (Lipinski definition) is 0. The topological polar surface area (TPSA) is 60.7 Å². The van der Waals surface area contributed by atoms with E-state index in [1.807, 2.05) is 78.2 Å². The van der Waals surface area contributed by atoms with Crippen LogP contribution in [0.1, 0.15) is 29.0 Å². The minimum Gasteiger partial charge on any atom is -0.457 e. The molecule has 0 saturated carbocycles. The van der Waals surface area contributed by atoms with Crippen molar-refractivity contribution in [3.05, 3.63) is 124 Å². The summed E-state index contributed by atoms with van der Waals surface area (Å²) in [6.07, 6.45) is 1.85. The van der Waals surface area contributed by atoms with Crippen molar-refractivity contribution in [1.82, 2.24) is 4.57 Å². The van der Waals surface area contributed by atoms with Gasteiger partial charge < -0.3 is 4.74 Å². The summed E-state index contributed by atoms with van der Waals surface area (Å²) in [5.41, 5.74) is 2.58. The molecule has 170 valence electrons. The molecule has 3 heterocycles. The summed E-state index contributed by atoms with van der Waals surface area (Å²) in [4.78, 5) is 32.9. The number of halogens is 1. The molecule has 34 heavy (non-hydrogen) atoms. The van der Waals surface area contributed by atoms with Crippen molar-refractivity contribution in [3.63, 3.8) is 0 Å². The lowest BCUT2D eigenvalue weighted by atomic mass is 10.0. The van der Waals surface area contributed by atoms with E-state index in [9.17, 15) is 9.59 Å². The highest BCUT2D eigenvalue weighted by atomic mass is 79.9. The molecule has 0 fully saturated rings. The van der Waals surface area contributed by atoms with Crippen LogP contribution in [0.4, 0.5) is 0 Å². The number of ether oxygens (including phenoxy) is 1. The number of carbonyl (C=O) groups excluding carboxylic acids is 1. The molecule has 1 atom stereocenters. The van der Waals surface area contributed by atoms with Gasteiger partial charge in [-0.25, -0.2) is 9.79 Å². The van der Waals surface area contributed by atoms with E-state index >= 15 is 0 Å². The Balaban J connectivity index is 1.59. The normalized spacial score (nSPS) is 15.7. The van der Waals surface area contributed by atoms with E-state index in [2.05, 4.69) is 20.9 Å². The van der Waals surface area contributed by atoms with Gasteiger partial charge in [0.05, 0.1) is 15.8 Å². The summed E-state index contributed by atoms with van der Waals surface area (Å²) in [5.74, 6) is -0.468. The Morgan fingerprint density at radius 3 is 2.71 bits per heavy atom. The summed E-state index contributed by atoms with van der Waals surface area (Å²) >= 11 is 6.30. The molecule has 0 amide bonds. The van der Waals surface area contributed by atoms with Crippen molar-refractivity contribution < 1.29 is 9.53 Å². The van der Waals surface area contributed by atoms with Crippen LogP contribution < -0.4 is 14.9 Å². The molecule has 0 bridgehead atoms. The second kappa shape index (κ2) is 9.66. The van der Waals surface area contributed by atoms with Gasteiger partial charge in [-0.1, -0.05) is 75.8 Å². The molecular weight excluding hydrogens is 532 g/mol. The summed E-state index contributed by atoms with van der Waals surface area (Å²) in [5, 5.41) is 1.94. The fourth-order valence-corrected chi connectivity index (χ4v) is 6.13. The molecule has 5 rings (SSSR count). The molecule has 8 heteroatoms. The Hall–Kier alpha value is -3.07. The molecule has 1 aliphatic heterocycles. The summed E-state index contributed by atoms with van der Waals surface area (Å²) in [7, 11) is 0. The largest absolute Gasteiger partial charge is 0.457 e. The first-order valence-electron chi connectivity index (χ1n) is 10.5. The lowest BCUT2D eigenvalue weighted by Crippen LogP contribution is -2.39. The van der Waals surface area contributed by atoms with Gasteiger partial charge in [0.25, 0.3) is 5.56 Å². The number of aromatic nitrogens is 1. The quantitative estimate of drug-likeness (QED) is 0.335. The maximum Gasteiger partial charge on any atom is 0.338 e. The molecule has 0 aliphatic carbocycles. The lowest BCUT2D eigenvalue weighted by molar-refractivity contribution is -0.140. The SMILES string of the molecule is CC1=C(C(=O)OCc2ccccc2)C(c2cccs2)n2c(s/c(=C/c3cccc(Br)c3)c2=O)=N1. The molecule has 5 nitrogen and oxygen atoms in total. The van der Waals surface area contributed by atoms with Crippen LogP contribution in [-0.2, 0) is 16.1 Å². The molecule has 2 aromatic heterocycles. The third-order valence-corrected chi connectivity index (χ3v) is 7.81. The number of esters is 1. The van der Waals surface area contributed by atoms with Crippen molar-refractivity contribution in [2.45, 2.75) is 19.6 Å². The average Bonchev–Trinajstić information content (AvgIpc) is 3.46. The van der Waals surface area contributed by atoms with E-state index in [0.29, 0.717) is 20.6 Å². The van der Waals surface area contributed by atoms with Gasteiger partial charge in [-0.05, 0) is 47.7 Å². The van der Waals surface area contributed by atoms with Crippen LogP contribution in [0.3, 0.4) is 0 Å². The Morgan fingerprint density at radius 1 is 1.15 bits per heavy atom. The summed E-state index contributed by atoms with van der Waals surface area (Å²) in [6.45, 7) is 1.95. The highest BCUT2D eigenvalue weighted by Gasteiger charge is 2.34. The van der Waals surface area contributed by atoms with Crippen LogP contribution in [0.15, 0.2) is 97.6 Å². The maximum atomic E-state index is 13.6. The molecule has 0 N–H and O–H groups in total. The minimum absolute atomic E-state index is 0.154. The summed E-state index contributed by atoms with van der Waals surface area (Å²) in [6, 6.07) is 20.6. The third kappa shape index (κ3) is 4.49. The van der Waals surface area contributed by atoms with Crippen LogP contribution >= 0.6 is 38.6 Å². The van der Waals surface area contributed by atoms with E-state index in [-0.39, 0.29) is 12.2 Å². The number of rotatable bonds is 5. The Labute approximate surface area is 212 Å². The van der Waals surface area contributed by atoms with Crippen LogP contribution in [0, 0.1) is 0 Å². The standard InChI is InChI=1S/C26H19BrN2O3S2/c1-16-22(25(31)32-15-17-7-3-2-4-8-17)23(20-11-6-12-33-20)29-24(30)21(34-26(29)28-16)14-18-9-5-10-19(27)13-18/h2-14,23H,15H2,1H3/b21-14+. The van der Waals surface area contributed by atoms with Gasteiger partial charge in [0, 0.05) is 9.35 Å². The fourth-order valence-electron chi connectivity index (χ4n) is 3.85. The Morgan fingerprint density at radius 2 is 1.97 bits per heavy atom. The zero-order valence-electron chi connectivity index (χ0n) is 18.1. The van der Waals surface area contributed by atoms with Crippen LogP contribution in [0.25, 0.3) is 6.08 Å². The zero-order chi connectivity index (χ0) is 23.7. The molecule has 2 aromatic carbocycles. The first-order valence-corrected chi connectivity index (χ1v) is 13.0. The van der Waals surface area contributed by atoms with Gasteiger partial charge in [-0.15, -0.1) is 11.3 Å². The van der Waals surface area contributed by atoms with Crippen molar-refractivity contribution in [2.24, 2.45) is 4.99 Å². The number of carbonyl (C=O) groups is 1. The zero-order valence-corrected chi connectivity index (χ0v) is 21.3. The van der Waals surface area contributed by atoms with E-state index in [1.165, 1.54) is 22.7 Å². The number of nitrogens with zero attached hydrogens (tertiary/aromatic N) is 2. The predicted molar refractivity (Wildman–Crippen MR) is 138 cm³/mol. The highest BCUT2D eigenvalue weighted by molar-refractivity contribution is 9.10. The predicted octanol–water partition coefficient (Wildman–Crippen LogP) is 4.80. The maximum absolute atomic E-state index is 13.6. The van der Waals surface area contributed by atoms with Gasteiger partial charge in [0.2, 0.25) is 0 Å². The molecule has 1 aliphatic rings.